The summed E-state index contributed by atoms with van der Waals surface area (Å²) in [6, 6.07) is 10.9. The summed E-state index contributed by atoms with van der Waals surface area (Å²) in [5, 5.41) is 3.55. The first-order chi connectivity index (χ1) is 11.8. The average Bonchev–Trinajstić information content (AvgIpc) is 3.09. The Hall–Kier alpha value is -2.53. The Balaban J connectivity index is 1.45. The highest BCUT2D eigenvalue weighted by molar-refractivity contribution is 5.58. The molecule has 1 unspecified atom stereocenters. The maximum Gasteiger partial charge on any atom is 0.123 e. The lowest BCUT2D eigenvalue weighted by atomic mass is 9.92. The molecule has 2 N–H and O–H groups in total. The molecule has 4 nitrogen and oxygen atoms in total. The summed E-state index contributed by atoms with van der Waals surface area (Å²) in [5.74, 6) is 0.640. The van der Waals surface area contributed by atoms with E-state index < -0.39 is 0 Å². The molecule has 1 atom stereocenters. The predicted molar refractivity (Wildman–Crippen MR) is 90.7 cm³/mol. The van der Waals surface area contributed by atoms with E-state index in [2.05, 4.69) is 26.3 Å². The molecule has 1 aliphatic carbocycles. The van der Waals surface area contributed by atoms with Gasteiger partial charge in [-0.05, 0) is 60.7 Å². The second kappa shape index (κ2) is 6.53. The van der Waals surface area contributed by atoms with Crippen LogP contribution < -0.4 is 5.32 Å². The number of benzene rings is 1. The second-order valence-corrected chi connectivity index (χ2v) is 6.12. The van der Waals surface area contributed by atoms with Crippen molar-refractivity contribution in [2.75, 3.05) is 0 Å². The van der Waals surface area contributed by atoms with E-state index in [0.717, 1.165) is 35.6 Å². The lowest BCUT2D eigenvalue weighted by Crippen LogP contribution is -2.26. The van der Waals surface area contributed by atoms with Gasteiger partial charge in [0.15, 0.2) is 0 Å². The molecule has 3 aromatic rings. The van der Waals surface area contributed by atoms with Gasteiger partial charge >= 0.3 is 0 Å². The van der Waals surface area contributed by atoms with E-state index in [0.29, 0.717) is 6.54 Å². The Bertz CT molecular complexity index is 825. The summed E-state index contributed by atoms with van der Waals surface area (Å²) in [4.78, 5) is 12.3. The third-order valence-electron chi connectivity index (χ3n) is 4.49. The van der Waals surface area contributed by atoms with Crippen LogP contribution in [-0.4, -0.2) is 15.0 Å². The van der Waals surface area contributed by atoms with E-state index in [-0.39, 0.29) is 11.9 Å². The number of nitrogens with one attached hydrogen (secondary N) is 2. The van der Waals surface area contributed by atoms with Crippen LogP contribution in [-0.2, 0) is 13.0 Å². The van der Waals surface area contributed by atoms with E-state index in [1.54, 1.807) is 18.3 Å². The van der Waals surface area contributed by atoms with Crippen LogP contribution in [0.3, 0.4) is 0 Å². The number of aromatic nitrogens is 3. The molecule has 0 saturated carbocycles. The normalized spacial score (nSPS) is 16.8. The predicted octanol–water partition coefficient (Wildman–Crippen LogP) is 3.78. The van der Waals surface area contributed by atoms with E-state index >= 15 is 0 Å². The van der Waals surface area contributed by atoms with Crippen molar-refractivity contribution in [1.29, 1.82) is 0 Å². The third-order valence-corrected chi connectivity index (χ3v) is 4.49. The summed E-state index contributed by atoms with van der Waals surface area (Å²) < 4.78 is 13.0. The maximum absolute atomic E-state index is 13.0. The number of halogens is 1. The van der Waals surface area contributed by atoms with Gasteiger partial charge in [-0.1, -0.05) is 6.07 Å². The summed E-state index contributed by atoms with van der Waals surface area (Å²) >= 11 is 0. The first-order valence-corrected chi connectivity index (χ1v) is 8.26. The SMILES string of the molecule is Fc1ccc(-c2cnc(CNC3CCCc4cccnc43)[nH]2)cc1. The summed E-state index contributed by atoms with van der Waals surface area (Å²) in [6.45, 7) is 0.655. The lowest BCUT2D eigenvalue weighted by Gasteiger charge is -2.24. The highest BCUT2D eigenvalue weighted by Gasteiger charge is 2.20. The molecule has 0 saturated heterocycles. The van der Waals surface area contributed by atoms with Gasteiger partial charge in [-0.3, -0.25) is 4.98 Å². The van der Waals surface area contributed by atoms with Gasteiger partial charge in [0.05, 0.1) is 30.2 Å². The van der Waals surface area contributed by atoms with E-state index in [4.69, 9.17) is 0 Å². The second-order valence-electron chi connectivity index (χ2n) is 6.12. The molecule has 2 aromatic heterocycles. The van der Waals surface area contributed by atoms with Crippen molar-refractivity contribution in [3.63, 3.8) is 0 Å². The largest absolute Gasteiger partial charge is 0.341 e. The van der Waals surface area contributed by atoms with Crippen LogP contribution in [0.5, 0.6) is 0 Å². The highest BCUT2D eigenvalue weighted by Crippen LogP contribution is 2.27. The fourth-order valence-electron chi connectivity index (χ4n) is 3.26. The van der Waals surface area contributed by atoms with Crippen molar-refractivity contribution in [3.05, 3.63) is 71.7 Å². The van der Waals surface area contributed by atoms with Crippen LogP contribution in [0, 0.1) is 5.82 Å². The smallest absolute Gasteiger partial charge is 0.123 e. The number of aromatic amines is 1. The zero-order valence-electron chi connectivity index (χ0n) is 13.3. The van der Waals surface area contributed by atoms with Gasteiger partial charge in [0.2, 0.25) is 0 Å². The Kier molecular flexibility index (Phi) is 4.09. The molecule has 122 valence electrons. The molecule has 0 bridgehead atoms. The maximum atomic E-state index is 13.0. The molecule has 0 aliphatic heterocycles. The molecule has 0 amide bonds. The van der Waals surface area contributed by atoms with Crippen molar-refractivity contribution in [2.45, 2.75) is 31.8 Å². The molecule has 5 heteroatoms. The summed E-state index contributed by atoms with van der Waals surface area (Å²) in [7, 11) is 0. The first kappa shape index (κ1) is 15.0. The van der Waals surface area contributed by atoms with Crippen LogP contribution >= 0.6 is 0 Å². The minimum atomic E-state index is -0.233. The molecule has 24 heavy (non-hydrogen) atoms. The minimum Gasteiger partial charge on any atom is -0.341 e. The Morgan fingerprint density at radius 3 is 2.92 bits per heavy atom. The van der Waals surface area contributed by atoms with Crippen LogP contribution in [0.25, 0.3) is 11.3 Å². The van der Waals surface area contributed by atoms with Gasteiger partial charge < -0.3 is 10.3 Å². The first-order valence-electron chi connectivity index (χ1n) is 8.26. The van der Waals surface area contributed by atoms with Crippen molar-refractivity contribution in [2.24, 2.45) is 0 Å². The summed E-state index contributed by atoms with van der Waals surface area (Å²) in [5.41, 5.74) is 4.33. The molecule has 4 rings (SSSR count). The van der Waals surface area contributed by atoms with Gasteiger partial charge in [0, 0.05) is 6.20 Å². The molecule has 1 aliphatic rings. The Labute approximate surface area is 140 Å². The molecule has 0 radical (unpaired) electrons. The number of hydrogen-bond acceptors (Lipinski definition) is 3. The van der Waals surface area contributed by atoms with Gasteiger partial charge in [-0.15, -0.1) is 0 Å². The van der Waals surface area contributed by atoms with Gasteiger partial charge in [0.25, 0.3) is 0 Å². The van der Waals surface area contributed by atoms with E-state index in [9.17, 15) is 4.39 Å². The van der Waals surface area contributed by atoms with Gasteiger partial charge in [-0.2, -0.15) is 0 Å². The zero-order chi connectivity index (χ0) is 16.4. The Morgan fingerprint density at radius 1 is 1.17 bits per heavy atom. The topological polar surface area (TPSA) is 53.6 Å². The van der Waals surface area contributed by atoms with E-state index in [1.165, 1.54) is 24.1 Å². The fourth-order valence-corrected chi connectivity index (χ4v) is 3.26. The molecular weight excluding hydrogens is 303 g/mol. The van der Waals surface area contributed by atoms with Gasteiger partial charge in [0.1, 0.15) is 11.6 Å². The van der Waals surface area contributed by atoms with Crippen LogP contribution in [0.1, 0.15) is 36.0 Å². The number of rotatable bonds is 4. The van der Waals surface area contributed by atoms with Crippen LogP contribution in [0.2, 0.25) is 0 Å². The number of aryl methyl sites for hydroxylation is 1. The van der Waals surface area contributed by atoms with Gasteiger partial charge in [-0.25, -0.2) is 9.37 Å². The van der Waals surface area contributed by atoms with Crippen molar-refractivity contribution >= 4 is 0 Å². The van der Waals surface area contributed by atoms with Crippen molar-refractivity contribution in [3.8, 4) is 11.3 Å². The fraction of sp³-hybridized carbons (Fsp3) is 0.263. The molecule has 1 aromatic carbocycles. The number of nitrogens with zero attached hydrogens (tertiary/aromatic N) is 2. The quantitative estimate of drug-likeness (QED) is 0.768. The number of pyridine rings is 1. The lowest BCUT2D eigenvalue weighted by molar-refractivity contribution is 0.443. The number of H-pyrrole nitrogens is 1. The monoisotopic (exact) mass is 322 g/mol. The average molecular weight is 322 g/mol. The standard InChI is InChI=1S/C19H19FN4/c20-15-8-6-13(7-9-15)17-11-23-18(24-17)12-22-16-5-1-3-14-4-2-10-21-19(14)16/h2,4,6-11,16,22H,1,3,5,12H2,(H,23,24). The van der Waals surface area contributed by atoms with E-state index in [1.807, 2.05) is 12.3 Å². The van der Waals surface area contributed by atoms with Crippen LogP contribution in [0.15, 0.2) is 48.8 Å². The van der Waals surface area contributed by atoms with Crippen LogP contribution in [0.4, 0.5) is 4.39 Å². The molecule has 0 spiro atoms. The Morgan fingerprint density at radius 2 is 2.04 bits per heavy atom. The number of fused-ring (bicyclic) bond motifs is 1. The highest BCUT2D eigenvalue weighted by atomic mass is 19.1. The summed E-state index contributed by atoms with van der Waals surface area (Å²) in [6.07, 6.45) is 7.03. The van der Waals surface area contributed by atoms with Crippen molar-refractivity contribution in [1.82, 2.24) is 20.3 Å². The third kappa shape index (κ3) is 3.08. The molecular formula is C19H19FN4. The number of imidazole rings is 1. The zero-order valence-corrected chi connectivity index (χ0v) is 13.3. The molecule has 2 heterocycles. The molecule has 0 fully saturated rings. The van der Waals surface area contributed by atoms with Crippen molar-refractivity contribution < 1.29 is 4.39 Å². The number of hydrogen-bond donors (Lipinski definition) is 2. The minimum absolute atomic E-state index is 0.233.